The highest BCUT2D eigenvalue weighted by atomic mass is 15.1. The Morgan fingerprint density at radius 3 is 3.06 bits per heavy atom. The molecule has 2 atom stereocenters. The fraction of sp³-hybridized carbons (Fsp3) is 0.583. The van der Waals surface area contributed by atoms with Crippen LogP contribution in [0.3, 0.4) is 0 Å². The predicted molar refractivity (Wildman–Crippen MR) is 70.1 cm³/mol. The molecule has 1 fully saturated rings. The second-order valence-electron chi connectivity index (χ2n) is 4.91. The van der Waals surface area contributed by atoms with Gasteiger partial charge in [-0.1, -0.05) is 12.8 Å². The minimum absolute atomic E-state index is 0.311. The number of nitrogens with zero attached hydrogens (tertiary/aromatic N) is 3. The molecule has 0 amide bonds. The van der Waals surface area contributed by atoms with Crippen LogP contribution in [0.25, 0.3) is 11.2 Å². The first kappa shape index (κ1) is 11.4. The largest absolute Gasteiger partial charge is 0.368 e. The minimum Gasteiger partial charge on any atom is -0.368 e. The molecule has 4 N–H and O–H groups in total. The normalized spacial score (nSPS) is 24.3. The first-order valence-corrected chi connectivity index (χ1v) is 6.48. The number of aromatic amines is 1. The van der Waals surface area contributed by atoms with Gasteiger partial charge < -0.3 is 16.0 Å². The lowest BCUT2D eigenvalue weighted by Crippen LogP contribution is -2.37. The van der Waals surface area contributed by atoms with Crippen LogP contribution in [0, 0.1) is 5.92 Å². The minimum atomic E-state index is 0.311. The molecule has 6 nitrogen and oxygen atoms in total. The molecule has 1 aliphatic carbocycles. The van der Waals surface area contributed by atoms with Crippen molar-refractivity contribution in [2.45, 2.75) is 31.7 Å². The molecule has 0 spiro atoms. The Kier molecular flexibility index (Phi) is 3.10. The second-order valence-corrected chi connectivity index (χ2v) is 4.91. The lowest BCUT2D eigenvalue weighted by Gasteiger charge is -2.28. The third kappa shape index (κ3) is 2.15. The Morgan fingerprint density at radius 2 is 2.17 bits per heavy atom. The van der Waals surface area contributed by atoms with Gasteiger partial charge in [-0.05, 0) is 18.8 Å². The van der Waals surface area contributed by atoms with Gasteiger partial charge >= 0.3 is 0 Å². The number of fused-ring (bicyclic) bond motifs is 1. The van der Waals surface area contributed by atoms with E-state index in [2.05, 4.69) is 25.3 Å². The highest BCUT2D eigenvalue weighted by molar-refractivity contribution is 5.81. The Balaban J connectivity index is 1.71. The zero-order valence-electron chi connectivity index (χ0n) is 10.3. The Labute approximate surface area is 105 Å². The second kappa shape index (κ2) is 4.89. The van der Waals surface area contributed by atoms with Crippen LogP contribution in [-0.4, -0.2) is 32.5 Å². The van der Waals surface area contributed by atoms with E-state index in [1.165, 1.54) is 25.6 Å². The van der Waals surface area contributed by atoms with Crippen molar-refractivity contribution in [3.63, 3.8) is 0 Å². The molecule has 18 heavy (non-hydrogen) atoms. The molecule has 0 radical (unpaired) electrons. The van der Waals surface area contributed by atoms with Crippen molar-refractivity contribution >= 4 is 17.0 Å². The van der Waals surface area contributed by atoms with Gasteiger partial charge in [0.25, 0.3) is 0 Å². The monoisotopic (exact) mass is 246 g/mol. The van der Waals surface area contributed by atoms with E-state index in [0.717, 1.165) is 24.3 Å². The predicted octanol–water partition coefficient (Wildman–Crippen LogP) is 1.28. The average molecular weight is 246 g/mol. The summed E-state index contributed by atoms with van der Waals surface area (Å²) in [5.41, 5.74) is 7.70. The summed E-state index contributed by atoms with van der Waals surface area (Å²) in [4.78, 5) is 15.5. The SMILES string of the molecule is NC1CCCCC1CNc1ncnc2nc[nH]c12. The molecule has 2 unspecified atom stereocenters. The summed E-state index contributed by atoms with van der Waals surface area (Å²) in [7, 11) is 0. The zero-order chi connectivity index (χ0) is 12.4. The van der Waals surface area contributed by atoms with Gasteiger partial charge in [0.2, 0.25) is 0 Å². The molecule has 2 aromatic heterocycles. The van der Waals surface area contributed by atoms with Crippen molar-refractivity contribution < 1.29 is 0 Å². The Bertz CT molecular complexity index is 522. The quantitative estimate of drug-likeness (QED) is 0.758. The summed E-state index contributed by atoms with van der Waals surface area (Å²) in [6, 6.07) is 0.311. The number of rotatable bonds is 3. The number of nitrogens with two attached hydrogens (primary N) is 1. The molecule has 0 aliphatic heterocycles. The smallest absolute Gasteiger partial charge is 0.182 e. The molecule has 2 aromatic rings. The number of imidazole rings is 1. The van der Waals surface area contributed by atoms with E-state index < -0.39 is 0 Å². The number of aromatic nitrogens is 4. The average Bonchev–Trinajstić information content (AvgIpc) is 2.86. The van der Waals surface area contributed by atoms with E-state index in [-0.39, 0.29) is 0 Å². The highest BCUT2D eigenvalue weighted by Gasteiger charge is 2.21. The Morgan fingerprint density at radius 1 is 1.28 bits per heavy atom. The van der Waals surface area contributed by atoms with Gasteiger partial charge in [0.05, 0.1) is 6.33 Å². The summed E-state index contributed by atoms with van der Waals surface area (Å²) in [5, 5.41) is 3.37. The molecule has 1 aliphatic rings. The topological polar surface area (TPSA) is 92.5 Å². The van der Waals surface area contributed by atoms with Crippen LogP contribution in [0.4, 0.5) is 5.82 Å². The Hall–Kier alpha value is -1.69. The van der Waals surface area contributed by atoms with Crippen LogP contribution in [-0.2, 0) is 0 Å². The lowest BCUT2D eigenvalue weighted by molar-refractivity contribution is 0.321. The van der Waals surface area contributed by atoms with E-state index >= 15 is 0 Å². The summed E-state index contributed by atoms with van der Waals surface area (Å²) >= 11 is 0. The first-order chi connectivity index (χ1) is 8.84. The molecule has 6 heteroatoms. The molecule has 96 valence electrons. The fourth-order valence-corrected chi connectivity index (χ4v) is 2.62. The maximum atomic E-state index is 6.14. The van der Waals surface area contributed by atoms with E-state index in [1.807, 2.05) is 0 Å². The van der Waals surface area contributed by atoms with E-state index in [1.54, 1.807) is 6.33 Å². The summed E-state index contributed by atoms with van der Waals surface area (Å²) in [6.07, 6.45) is 8.05. The first-order valence-electron chi connectivity index (χ1n) is 6.48. The number of anilines is 1. The third-order valence-corrected chi connectivity index (χ3v) is 3.72. The summed E-state index contributed by atoms with van der Waals surface area (Å²) in [6.45, 7) is 0.867. The van der Waals surface area contributed by atoms with Gasteiger partial charge in [-0.25, -0.2) is 15.0 Å². The van der Waals surface area contributed by atoms with Crippen LogP contribution in [0.5, 0.6) is 0 Å². The van der Waals surface area contributed by atoms with Crippen LogP contribution >= 0.6 is 0 Å². The van der Waals surface area contributed by atoms with Crippen LogP contribution in [0.2, 0.25) is 0 Å². The van der Waals surface area contributed by atoms with Crippen molar-refractivity contribution in [3.05, 3.63) is 12.7 Å². The van der Waals surface area contributed by atoms with Crippen molar-refractivity contribution in [1.29, 1.82) is 0 Å². The molecule has 0 bridgehead atoms. The van der Waals surface area contributed by atoms with Crippen LogP contribution < -0.4 is 11.1 Å². The molecular weight excluding hydrogens is 228 g/mol. The molecule has 0 aromatic carbocycles. The van der Waals surface area contributed by atoms with Gasteiger partial charge in [0.1, 0.15) is 11.8 Å². The van der Waals surface area contributed by atoms with Crippen LogP contribution in [0.15, 0.2) is 12.7 Å². The van der Waals surface area contributed by atoms with Crippen molar-refractivity contribution in [1.82, 2.24) is 19.9 Å². The van der Waals surface area contributed by atoms with Crippen molar-refractivity contribution in [2.24, 2.45) is 11.7 Å². The molecule has 2 heterocycles. The molecule has 1 saturated carbocycles. The van der Waals surface area contributed by atoms with Gasteiger partial charge in [0, 0.05) is 12.6 Å². The van der Waals surface area contributed by atoms with E-state index in [0.29, 0.717) is 17.6 Å². The zero-order valence-corrected chi connectivity index (χ0v) is 10.3. The van der Waals surface area contributed by atoms with Crippen molar-refractivity contribution in [3.8, 4) is 0 Å². The maximum absolute atomic E-state index is 6.14. The van der Waals surface area contributed by atoms with Gasteiger partial charge in [-0.3, -0.25) is 0 Å². The van der Waals surface area contributed by atoms with Gasteiger partial charge in [-0.15, -0.1) is 0 Å². The number of hydrogen-bond donors (Lipinski definition) is 3. The lowest BCUT2D eigenvalue weighted by atomic mass is 9.85. The van der Waals surface area contributed by atoms with E-state index in [9.17, 15) is 0 Å². The van der Waals surface area contributed by atoms with E-state index in [4.69, 9.17) is 5.73 Å². The highest BCUT2D eigenvalue weighted by Crippen LogP contribution is 2.24. The number of H-pyrrole nitrogens is 1. The summed E-state index contributed by atoms with van der Waals surface area (Å²) in [5.74, 6) is 1.35. The number of nitrogens with one attached hydrogen (secondary N) is 2. The van der Waals surface area contributed by atoms with Crippen LogP contribution in [0.1, 0.15) is 25.7 Å². The molecular formula is C12H18N6. The fourth-order valence-electron chi connectivity index (χ4n) is 2.62. The third-order valence-electron chi connectivity index (χ3n) is 3.72. The number of hydrogen-bond acceptors (Lipinski definition) is 5. The molecule has 3 rings (SSSR count). The maximum Gasteiger partial charge on any atom is 0.182 e. The standard InChI is InChI=1S/C12H18N6/c13-9-4-2-1-3-8(9)5-14-11-10-12(16-6-15-10)18-7-17-11/h6-9H,1-5,13H2,(H2,14,15,16,17,18). The summed E-state index contributed by atoms with van der Waals surface area (Å²) < 4.78 is 0. The molecule has 0 saturated heterocycles. The van der Waals surface area contributed by atoms with Gasteiger partial charge in [-0.2, -0.15) is 0 Å². The van der Waals surface area contributed by atoms with Gasteiger partial charge in [0.15, 0.2) is 11.5 Å². The van der Waals surface area contributed by atoms with Crippen molar-refractivity contribution in [2.75, 3.05) is 11.9 Å².